The van der Waals surface area contributed by atoms with E-state index in [1.165, 1.54) is 18.3 Å². The summed E-state index contributed by atoms with van der Waals surface area (Å²) >= 11 is 11.7. The van der Waals surface area contributed by atoms with Crippen LogP contribution in [0.4, 0.5) is 0 Å². The summed E-state index contributed by atoms with van der Waals surface area (Å²) in [5.41, 5.74) is 0.196. The van der Waals surface area contributed by atoms with E-state index in [0.717, 1.165) is 0 Å². The molecule has 2 rings (SSSR count). The average molecular weight is 285 g/mol. The number of carbonyl (C=O) groups is 1. The van der Waals surface area contributed by atoms with Gasteiger partial charge in [-0.1, -0.05) is 29.0 Å². The van der Waals surface area contributed by atoms with E-state index in [1.54, 1.807) is 6.92 Å². The molecule has 1 heterocycles. The van der Waals surface area contributed by atoms with Crippen LogP contribution in [-0.4, -0.2) is 17.6 Å². The van der Waals surface area contributed by atoms with Crippen molar-refractivity contribution >= 4 is 40.1 Å². The van der Waals surface area contributed by atoms with Gasteiger partial charge in [0.2, 0.25) is 0 Å². The Balaban J connectivity index is 2.67. The Kier molecular flexibility index (Phi) is 3.59. The maximum Gasteiger partial charge on any atom is 0.339 e. The zero-order valence-electron chi connectivity index (χ0n) is 9.37. The number of hydrogen-bond donors (Lipinski definition) is 0. The number of fused-ring (bicyclic) bond motifs is 1. The van der Waals surface area contributed by atoms with Crippen molar-refractivity contribution in [1.82, 2.24) is 4.98 Å². The SMILES string of the molecule is CCOC(=O)c1cnc2c(Cl)cc(Cl)cc2c1[O-]. The normalized spacial score (nSPS) is 10.6. The molecule has 2 aromatic rings. The molecule has 0 unspecified atom stereocenters. The van der Waals surface area contributed by atoms with Crippen molar-refractivity contribution in [2.45, 2.75) is 6.92 Å². The van der Waals surface area contributed by atoms with E-state index in [9.17, 15) is 9.90 Å². The van der Waals surface area contributed by atoms with E-state index in [1.807, 2.05) is 0 Å². The second-order valence-electron chi connectivity index (χ2n) is 3.51. The molecule has 0 saturated carbocycles. The van der Waals surface area contributed by atoms with E-state index < -0.39 is 11.7 Å². The maximum absolute atomic E-state index is 12.1. The molecule has 6 heteroatoms. The Hall–Kier alpha value is -1.52. The summed E-state index contributed by atoms with van der Waals surface area (Å²) in [4.78, 5) is 15.5. The molecule has 1 aromatic heterocycles. The molecule has 0 aliphatic heterocycles. The predicted octanol–water partition coefficient (Wildman–Crippen LogP) is 2.79. The summed E-state index contributed by atoms with van der Waals surface area (Å²) < 4.78 is 4.77. The lowest BCUT2D eigenvalue weighted by Crippen LogP contribution is -2.10. The van der Waals surface area contributed by atoms with Gasteiger partial charge in [-0.15, -0.1) is 0 Å². The van der Waals surface area contributed by atoms with Crippen molar-refractivity contribution < 1.29 is 14.6 Å². The lowest BCUT2D eigenvalue weighted by molar-refractivity contribution is -0.266. The summed E-state index contributed by atoms with van der Waals surface area (Å²) in [7, 11) is 0. The van der Waals surface area contributed by atoms with E-state index in [-0.39, 0.29) is 22.6 Å². The van der Waals surface area contributed by atoms with E-state index >= 15 is 0 Å². The van der Waals surface area contributed by atoms with Crippen LogP contribution in [0.25, 0.3) is 10.9 Å². The van der Waals surface area contributed by atoms with Gasteiger partial charge in [0.1, 0.15) is 0 Å². The first-order chi connectivity index (χ1) is 8.54. The zero-order valence-corrected chi connectivity index (χ0v) is 10.9. The fraction of sp³-hybridized carbons (Fsp3) is 0.167. The van der Waals surface area contributed by atoms with Crippen molar-refractivity contribution in [2.75, 3.05) is 6.61 Å². The standard InChI is InChI=1S/C12H9Cl2NO3/c1-2-18-12(17)8-5-15-10-7(11(8)16)3-6(13)4-9(10)14/h3-5H,2H2,1H3,(H,15,16)/p-1. The number of halogens is 2. The zero-order chi connectivity index (χ0) is 13.3. The fourth-order valence-corrected chi connectivity index (χ4v) is 2.10. The third-order valence-corrected chi connectivity index (χ3v) is 2.84. The van der Waals surface area contributed by atoms with Gasteiger partial charge in [0.05, 0.1) is 22.7 Å². The van der Waals surface area contributed by atoms with Gasteiger partial charge in [0.25, 0.3) is 0 Å². The molecule has 4 nitrogen and oxygen atoms in total. The van der Waals surface area contributed by atoms with Gasteiger partial charge >= 0.3 is 5.97 Å². The molecule has 18 heavy (non-hydrogen) atoms. The number of carbonyl (C=O) groups excluding carboxylic acids is 1. The molecule has 0 amide bonds. The lowest BCUT2D eigenvalue weighted by Gasteiger charge is -2.15. The number of ether oxygens (including phenoxy) is 1. The van der Waals surface area contributed by atoms with Gasteiger partial charge in [0, 0.05) is 11.2 Å². The summed E-state index contributed by atoms with van der Waals surface area (Å²) in [5, 5.41) is 12.9. The average Bonchev–Trinajstić information content (AvgIpc) is 2.30. The van der Waals surface area contributed by atoms with Gasteiger partial charge in [0.15, 0.2) is 0 Å². The van der Waals surface area contributed by atoms with Gasteiger partial charge in [-0.05, 0) is 24.4 Å². The Morgan fingerprint density at radius 2 is 2.17 bits per heavy atom. The van der Waals surface area contributed by atoms with Crippen LogP contribution in [0.2, 0.25) is 10.0 Å². The van der Waals surface area contributed by atoms with Gasteiger partial charge < -0.3 is 9.84 Å². The molecule has 0 radical (unpaired) electrons. The molecule has 0 aliphatic rings. The minimum atomic E-state index is -0.701. The first-order valence-electron chi connectivity index (χ1n) is 5.16. The Morgan fingerprint density at radius 3 is 2.83 bits per heavy atom. The first kappa shape index (κ1) is 12.9. The van der Waals surface area contributed by atoms with E-state index in [4.69, 9.17) is 27.9 Å². The predicted molar refractivity (Wildman–Crippen MR) is 67.2 cm³/mol. The number of benzene rings is 1. The number of esters is 1. The quantitative estimate of drug-likeness (QED) is 0.796. The van der Waals surface area contributed by atoms with Crippen LogP contribution in [0.3, 0.4) is 0 Å². The van der Waals surface area contributed by atoms with Gasteiger partial charge in [-0.2, -0.15) is 0 Å². The lowest BCUT2D eigenvalue weighted by atomic mass is 10.1. The smallest absolute Gasteiger partial charge is 0.339 e. The molecule has 1 aromatic carbocycles. The van der Waals surface area contributed by atoms with Crippen LogP contribution in [0.1, 0.15) is 17.3 Å². The Labute approximate surface area is 113 Å². The summed E-state index contributed by atoms with van der Waals surface area (Å²) in [6.45, 7) is 1.84. The molecule has 0 aliphatic carbocycles. The summed E-state index contributed by atoms with van der Waals surface area (Å²) in [5.74, 6) is -1.18. The minimum absolute atomic E-state index is 0.123. The van der Waals surface area contributed by atoms with E-state index in [0.29, 0.717) is 10.5 Å². The maximum atomic E-state index is 12.1. The van der Waals surface area contributed by atoms with Crippen LogP contribution >= 0.6 is 23.2 Å². The van der Waals surface area contributed by atoms with Crippen molar-refractivity contribution in [3.8, 4) is 5.75 Å². The molecule has 0 saturated heterocycles. The number of hydrogen-bond acceptors (Lipinski definition) is 4. The van der Waals surface area contributed by atoms with Crippen LogP contribution in [0.15, 0.2) is 18.3 Å². The molecule has 0 bridgehead atoms. The van der Waals surface area contributed by atoms with Crippen molar-refractivity contribution in [3.63, 3.8) is 0 Å². The monoisotopic (exact) mass is 284 g/mol. The van der Waals surface area contributed by atoms with E-state index in [2.05, 4.69) is 4.98 Å². The van der Waals surface area contributed by atoms with Crippen LogP contribution in [0, 0.1) is 0 Å². The van der Waals surface area contributed by atoms with Crippen molar-refractivity contribution in [2.24, 2.45) is 0 Å². The second kappa shape index (κ2) is 5.00. The van der Waals surface area contributed by atoms with Crippen LogP contribution in [0.5, 0.6) is 5.75 Å². The molecule has 0 N–H and O–H groups in total. The molecule has 94 valence electrons. The Morgan fingerprint density at radius 1 is 1.44 bits per heavy atom. The fourth-order valence-electron chi connectivity index (χ4n) is 1.56. The summed E-state index contributed by atoms with van der Waals surface area (Å²) in [6, 6.07) is 2.92. The van der Waals surface area contributed by atoms with Crippen molar-refractivity contribution in [1.29, 1.82) is 0 Å². The third kappa shape index (κ3) is 2.21. The molecule has 0 spiro atoms. The summed E-state index contributed by atoms with van der Waals surface area (Å²) in [6.07, 6.45) is 1.17. The highest BCUT2D eigenvalue weighted by atomic mass is 35.5. The van der Waals surface area contributed by atoms with Gasteiger partial charge in [-0.3, -0.25) is 4.98 Å². The topological polar surface area (TPSA) is 62.2 Å². The van der Waals surface area contributed by atoms with Crippen LogP contribution in [-0.2, 0) is 4.74 Å². The number of rotatable bonds is 2. The number of aromatic nitrogens is 1. The highest BCUT2D eigenvalue weighted by molar-refractivity contribution is 6.38. The third-order valence-electron chi connectivity index (χ3n) is 2.34. The molecular weight excluding hydrogens is 277 g/mol. The van der Waals surface area contributed by atoms with Gasteiger partial charge in [-0.25, -0.2) is 4.79 Å². The molecular formula is C12H8Cl2NO3-. The molecule has 0 atom stereocenters. The molecule has 0 fully saturated rings. The first-order valence-corrected chi connectivity index (χ1v) is 5.92. The number of pyridine rings is 1. The highest BCUT2D eigenvalue weighted by Crippen LogP contribution is 2.32. The minimum Gasteiger partial charge on any atom is -0.871 e. The van der Waals surface area contributed by atoms with Crippen LogP contribution < -0.4 is 5.11 Å². The van der Waals surface area contributed by atoms with Crippen molar-refractivity contribution in [3.05, 3.63) is 33.9 Å². The number of nitrogens with zero attached hydrogens (tertiary/aromatic N) is 1. The Bertz CT molecular complexity index is 628. The highest BCUT2D eigenvalue weighted by Gasteiger charge is 2.12. The second-order valence-corrected chi connectivity index (χ2v) is 4.35. The largest absolute Gasteiger partial charge is 0.871 e.